The van der Waals surface area contributed by atoms with Gasteiger partial charge in [-0.1, -0.05) is 0 Å². The van der Waals surface area contributed by atoms with Gasteiger partial charge >= 0.3 is 0 Å². The average molecular weight is 334 g/mol. The van der Waals surface area contributed by atoms with Crippen molar-refractivity contribution < 1.29 is 13.2 Å². The second-order valence-corrected chi connectivity index (χ2v) is 7.21. The van der Waals surface area contributed by atoms with Crippen molar-refractivity contribution in [1.29, 1.82) is 0 Å². The standard InChI is InChI=1S/C15H18N4O3S/c1-11(20)19-9-6-12-10-14(2-3-15(12)19)23(21,22)17-8-5-13-4-7-16-18-13/h2-4,7,10,17H,5-6,8-9H2,1H3,(H,16,18). The van der Waals surface area contributed by atoms with Crippen LogP contribution >= 0.6 is 0 Å². The number of anilines is 1. The molecule has 0 spiro atoms. The quantitative estimate of drug-likeness (QED) is 0.847. The first-order chi connectivity index (χ1) is 11.0. The zero-order chi connectivity index (χ0) is 16.4. The molecule has 2 heterocycles. The van der Waals surface area contributed by atoms with Crippen LogP contribution < -0.4 is 9.62 Å². The van der Waals surface area contributed by atoms with E-state index in [9.17, 15) is 13.2 Å². The molecule has 0 saturated heterocycles. The van der Waals surface area contributed by atoms with E-state index >= 15 is 0 Å². The number of hydrogen-bond donors (Lipinski definition) is 2. The summed E-state index contributed by atoms with van der Waals surface area (Å²) in [6, 6.07) is 6.70. The topological polar surface area (TPSA) is 95.2 Å². The minimum absolute atomic E-state index is 0.0305. The molecule has 0 bridgehead atoms. The second kappa shape index (κ2) is 6.13. The molecule has 0 radical (unpaired) electrons. The highest BCUT2D eigenvalue weighted by atomic mass is 32.2. The molecule has 7 nitrogen and oxygen atoms in total. The Labute approximate surface area is 134 Å². The van der Waals surface area contributed by atoms with E-state index in [2.05, 4.69) is 14.9 Å². The molecule has 1 amide bonds. The van der Waals surface area contributed by atoms with Gasteiger partial charge in [0.05, 0.1) is 4.90 Å². The SMILES string of the molecule is CC(=O)N1CCc2cc(S(=O)(=O)NCCc3ccn[nH]3)ccc21. The summed E-state index contributed by atoms with van der Waals surface area (Å²) >= 11 is 0. The Morgan fingerprint density at radius 1 is 1.39 bits per heavy atom. The van der Waals surface area contributed by atoms with Gasteiger partial charge in [0.25, 0.3) is 0 Å². The molecule has 3 rings (SSSR count). The minimum Gasteiger partial charge on any atom is -0.312 e. The number of sulfonamides is 1. The van der Waals surface area contributed by atoms with Crippen molar-refractivity contribution in [2.45, 2.75) is 24.7 Å². The number of fused-ring (bicyclic) bond motifs is 1. The molecule has 2 aromatic rings. The van der Waals surface area contributed by atoms with Gasteiger partial charge in [0.2, 0.25) is 15.9 Å². The summed E-state index contributed by atoms with van der Waals surface area (Å²) in [5.74, 6) is -0.0305. The molecular weight excluding hydrogens is 316 g/mol. The number of carbonyl (C=O) groups is 1. The fraction of sp³-hybridized carbons (Fsp3) is 0.333. The molecular formula is C15H18N4O3S. The Balaban J connectivity index is 1.72. The molecule has 0 unspecified atom stereocenters. The van der Waals surface area contributed by atoms with Gasteiger partial charge < -0.3 is 4.90 Å². The lowest BCUT2D eigenvalue weighted by molar-refractivity contribution is -0.116. The number of amides is 1. The Morgan fingerprint density at radius 3 is 2.91 bits per heavy atom. The van der Waals surface area contributed by atoms with Crippen molar-refractivity contribution >= 4 is 21.6 Å². The van der Waals surface area contributed by atoms with Crippen molar-refractivity contribution in [2.24, 2.45) is 0 Å². The third-order valence-corrected chi connectivity index (χ3v) is 5.34. The van der Waals surface area contributed by atoms with Crippen molar-refractivity contribution in [3.05, 3.63) is 41.7 Å². The molecule has 0 saturated carbocycles. The maximum atomic E-state index is 12.4. The number of aromatic amines is 1. The van der Waals surface area contributed by atoms with E-state index in [1.807, 2.05) is 0 Å². The van der Waals surface area contributed by atoms with Gasteiger partial charge in [-0.25, -0.2) is 13.1 Å². The van der Waals surface area contributed by atoms with Crippen molar-refractivity contribution in [2.75, 3.05) is 18.0 Å². The summed E-state index contributed by atoms with van der Waals surface area (Å²) in [6.07, 6.45) is 2.85. The van der Waals surface area contributed by atoms with Crippen LogP contribution in [0.2, 0.25) is 0 Å². The minimum atomic E-state index is -3.56. The van der Waals surface area contributed by atoms with Crippen molar-refractivity contribution in [3.63, 3.8) is 0 Å². The molecule has 1 aliphatic rings. The summed E-state index contributed by atoms with van der Waals surface area (Å²) in [7, 11) is -3.56. The summed E-state index contributed by atoms with van der Waals surface area (Å²) in [6.45, 7) is 2.40. The monoisotopic (exact) mass is 334 g/mol. The van der Waals surface area contributed by atoms with Crippen LogP contribution in [0.25, 0.3) is 0 Å². The number of carbonyl (C=O) groups excluding carboxylic acids is 1. The van der Waals surface area contributed by atoms with Crippen molar-refractivity contribution in [1.82, 2.24) is 14.9 Å². The molecule has 0 atom stereocenters. The van der Waals surface area contributed by atoms with Crippen LogP contribution in [0.1, 0.15) is 18.2 Å². The fourth-order valence-corrected chi connectivity index (χ4v) is 3.78. The number of nitrogens with one attached hydrogen (secondary N) is 2. The molecule has 1 aliphatic heterocycles. The van der Waals surface area contributed by atoms with Crippen LogP contribution in [0.5, 0.6) is 0 Å². The van der Waals surface area contributed by atoms with E-state index in [0.29, 0.717) is 25.9 Å². The van der Waals surface area contributed by atoms with Gasteiger partial charge in [0, 0.05) is 44.0 Å². The number of aromatic nitrogens is 2. The summed E-state index contributed by atoms with van der Waals surface area (Å²) in [4.78, 5) is 13.4. The van der Waals surface area contributed by atoms with E-state index in [0.717, 1.165) is 16.9 Å². The number of H-pyrrole nitrogens is 1. The second-order valence-electron chi connectivity index (χ2n) is 5.44. The van der Waals surface area contributed by atoms with Gasteiger partial charge in [-0.2, -0.15) is 5.10 Å². The molecule has 0 aliphatic carbocycles. The van der Waals surface area contributed by atoms with Crippen LogP contribution in [0.4, 0.5) is 5.69 Å². The predicted octanol–water partition coefficient (Wildman–Crippen LogP) is 0.840. The maximum Gasteiger partial charge on any atom is 0.240 e. The fourth-order valence-electron chi connectivity index (χ4n) is 2.70. The van der Waals surface area contributed by atoms with Crippen LogP contribution in [-0.2, 0) is 27.7 Å². The molecule has 1 aromatic carbocycles. The lowest BCUT2D eigenvalue weighted by atomic mass is 10.2. The Morgan fingerprint density at radius 2 is 2.22 bits per heavy atom. The first-order valence-corrected chi connectivity index (χ1v) is 8.84. The lowest BCUT2D eigenvalue weighted by Crippen LogP contribution is -2.26. The number of benzene rings is 1. The Bertz CT molecular complexity index is 815. The first-order valence-electron chi connectivity index (χ1n) is 7.36. The van der Waals surface area contributed by atoms with E-state index < -0.39 is 10.0 Å². The van der Waals surface area contributed by atoms with E-state index in [4.69, 9.17) is 0 Å². The van der Waals surface area contributed by atoms with Gasteiger partial charge in [0.1, 0.15) is 0 Å². The Kier molecular flexibility index (Phi) is 4.18. The zero-order valence-corrected chi connectivity index (χ0v) is 13.6. The van der Waals surface area contributed by atoms with E-state index in [-0.39, 0.29) is 10.8 Å². The van der Waals surface area contributed by atoms with Crippen LogP contribution in [-0.4, -0.2) is 37.6 Å². The maximum absolute atomic E-state index is 12.4. The average Bonchev–Trinajstić information content (AvgIpc) is 3.15. The first kappa shape index (κ1) is 15.7. The van der Waals surface area contributed by atoms with Crippen LogP contribution in [0.15, 0.2) is 35.4 Å². The number of hydrogen-bond acceptors (Lipinski definition) is 4. The third kappa shape index (κ3) is 3.27. The highest BCUT2D eigenvalue weighted by Crippen LogP contribution is 2.30. The van der Waals surface area contributed by atoms with Gasteiger partial charge in [-0.3, -0.25) is 9.89 Å². The summed E-state index contributed by atoms with van der Waals surface area (Å²) < 4.78 is 27.3. The predicted molar refractivity (Wildman–Crippen MR) is 85.7 cm³/mol. The smallest absolute Gasteiger partial charge is 0.240 e. The normalized spacial score (nSPS) is 14.0. The van der Waals surface area contributed by atoms with Crippen LogP contribution in [0.3, 0.4) is 0 Å². The van der Waals surface area contributed by atoms with Crippen molar-refractivity contribution in [3.8, 4) is 0 Å². The largest absolute Gasteiger partial charge is 0.312 e. The van der Waals surface area contributed by atoms with Gasteiger partial charge in [-0.05, 0) is 36.2 Å². The van der Waals surface area contributed by atoms with E-state index in [1.165, 1.54) is 6.92 Å². The Hall–Kier alpha value is -2.19. The van der Waals surface area contributed by atoms with Gasteiger partial charge in [-0.15, -0.1) is 0 Å². The van der Waals surface area contributed by atoms with Crippen LogP contribution in [0, 0.1) is 0 Å². The number of rotatable bonds is 5. The summed E-state index contributed by atoms with van der Waals surface area (Å²) in [5, 5.41) is 6.61. The molecule has 122 valence electrons. The molecule has 2 N–H and O–H groups in total. The van der Waals surface area contributed by atoms with E-state index in [1.54, 1.807) is 35.4 Å². The number of nitrogens with zero attached hydrogens (tertiary/aromatic N) is 2. The molecule has 0 fully saturated rings. The van der Waals surface area contributed by atoms with Gasteiger partial charge in [0.15, 0.2) is 0 Å². The highest BCUT2D eigenvalue weighted by molar-refractivity contribution is 7.89. The zero-order valence-electron chi connectivity index (χ0n) is 12.7. The third-order valence-electron chi connectivity index (χ3n) is 3.88. The highest BCUT2D eigenvalue weighted by Gasteiger charge is 2.24. The molecule has 23 heavy (non-hydrogen) atoms. The molecule has 1 aromatic heterocycles. The molecule has 8 heteroatoms. The lowest BCUT2D eigenvalue weighted by Gasteiger charge is -2.15. The summed E-state index contributed by atoms with van der Waals surface area (Å²) in [5.41, 5.74) is 2.56.